The Hall–Kier alpha value is -2.59. The fraction of sp³-hybridized carbons (Fsp3) is 0.167. The number of hydrogen-bond donors (Lipinski definition) is 1. The van der Waals surface area contributed by atoms with Crippen LogP contribution >= 0.6 is 0 Å². The number of benzene rings is 2. The number of aromatic nitrogens is 2. The standard InChI is InChI=1S/C18H19N3O/c1-22-18-10-6-5-9-16(18)17-11-15(12-19)20-21(17)13-14-7-3-2-4-8-14/h2-11H,12-13,19H2,1H3. The van der Waals surface area contributed by atoms with E-state index in [2.05, 4.69) is 17.2 Å². The Morgan fingerprint density at radius 2 is 1.77 bits per heavy atom. The van der Waals surface area contributed by atoms with Gasteiger partial charge in [-0.15, -0.1) is 0 Å². The van der Waals surface area contributed by atoms with Gasteiger partial charge in [-0.2, -0.15) is 5.10 Å². The van der Waals surface area contributed by atoms with E-state index in [-0.39, 0.29) is 0 Å². The quantitative estimate of drug-likeness (QED) is 0.786. The predicted molar refractivity (Wildman–Crippen MR) is 87.7 cm³/mol. The molecule has 0 spiro atoms. The first-order chi connectivity index (χ1) is 10.8. The van der Waals surface area contributed by atoms with Crippen LogP contribution in [-0.2, 0) is 13.1 Å². The lowest BCUT2D eigenvalue weighted by Gasteiger charge is -2.11. The summed E-state index contributed by atoms with van der Waals surface area (Å²) >= 11 is 0. The molecule has 4 nitrogen and oxygen atoms in total. The van der Waals surface area contributed by atoms with E-state index in [1.807, 2.05) is 53.2 Å². The van der Waals surface area contributed by atoms with E-state index in [1.165, 1.54) is 5.56 Å². The number of nitrogens with two attached hydrogens (primary N) is 1. The lowest BCUT2D eigenvalue weighted by Crippen LogP contribution is -2.05. The molecule has 2 aromatic carbocycles. The van der Waals surface area contributed by atoms with Crippen molar-refractivity contribution in [3.63, 3.8) is 0 Å². The van der Waals surface area contributed by atoms with Crippen LogP contribution in [0.5, 0.6) is 5.75 Å². The van der Waals surface area contributed by atoms with Crippen LogP contribution in [0.4, 0.5) is 0 Å². The molecule has 0 bridgehead atoms. The third kappa shape index (κ3) is 2.87. The fourth-order valence-electron chi connectivity index (χ4n) is 2.52. The summed E-state index contributed by atoms with van der Waals surface area (Å²) in [5.41, 5.74) is 9.88. The van der Waals surface area contributed by atoms with Crippen LogP contribution in [-0.4, -0.2) is 16.9 Å². The molecular formula is C18H19N3O. The smallest absolute Gasteiger partial charge is 0.128 e. The molecule has 2 N–H and O–H groups in total. The van der Waals surface area contributed by atoms with Gasteiger partial charge in [0.2, 0.25) is 0 Å². The van der Waals surface area contributed by atoms with Crippen molar-refractivity contribution in [3.05, 3.63) is 71.9 Å². The van der Waals surface area contributed by atoms with Gasteiger partial charge in [0, 0.05) is 12.1 Å². The monoisotopic (exact) mass is 293 g/mol. The second-order valence-electron chi connectivity index (χ2n) is 5.07. The molecular weight excluding hydrogens is 274 g/mol. The van der Waals surface area contributed by atoms with E-state index in [4.69, 9.17) is 10.5 Å². The Balaban J connectivity index is 2.05. The van der Waals surface area contributed by atoms with E-state index < -0.39 is 0 Å². The maximum absolute atomic E-state index is 5.77. The largest absolute Gasteiger partial charge is 0.496 e. The van der Waals surface area contributed by atoms with Gasteiger partial charge in [-0.25, -0.2) is 0 Å². The zero-order valence-corrected chi connectivity index (χ0v) is 12.6. The molecule has 1 heterocycles. The summed E-state index contributed by atoms with van der Waals surface area (Å²) < 4.78 is 7.46. The highest BCUT2D eigenvalue weighted by atomic mass is 16.5. The summed E-state index contributed by atoms with van der Waals surface area (Å²) in [6, 6.07) is 20.3. The first kappa shape index (κ1) is 14.4. The van der Waals surface area contributed by atoms with E-state index in [9.17, 15) is 0 Å². The van der Waals surface area contributed by atoms with Gasteiger partial charge < -0.3 is 10.5 Å². The highest BCUT2D eigenvalue weighted by Crippen LogP contribution is 2.30. The Labute approximate surface area is 130 Å². The summed E-state index contributed by atoms with van der Waals surface area (Å²) in [7, 11) is 1.68. The van der Waals surface area contributed by atoms with E-state index in [0.29, 0.717) is 13.1 Å². The van der Waals surface area contributed by atoms with Crippen LogP contribution in [0.2, 0.25) is 0 Å². The molecule has 0 saturated heterocycles. The molecule has 0 amide bonds. The van der Waals surface area contributed by atoms with Crippen molar-refractivity contribution in [2.24, 2.45) is 5.73 Å². The Kier molecular flexibility index (Phi) is 4.21. The van der Waals surface area contributed by atoms with Gasteiger partial charge in [-0.1, -0.05) is 42.5 Å². The van der Waals surface area contributed by atoms with Crippen LogP contribution in [0.1, 0.15) is 11.3 Å². The molecule has 1 aromatic heterocycles. The molecule has 0 aliphatic rings. The summed E-state index contributed by atoms with van der Waals surface area (Å²) in [6.07, 6.45) is 0. The van der Waals surface area contributed by atoms with Gasteiger partial charge in [-0.3, -0.25) is 4.68 Å². The second kappa shape index (κ2) is 6.45. The molecule has 0 atom stereocenters. The van der Waals surface area contributed by atoms with Crippen molar-refractivity contribution in [1.29, 1.82) is 0 Å². The zero-order valence-electron chi connectivity index (χ0n) is 12.6. The molecule has 0 saturated carbocycles. The number of para-hydroxylation sites is 1. The number of nitrogens with zero attached hydrogens (tertiary/aromatic N) is 2. The molecule has 0 aliphatic carbocycles. The highest BCUT2D eigenvalue weighted by Gasteiger charge is 2.13. The lowest BCUT2D eigenvalue weighted by atomic mass is 10.1. The maximum atomic E-state index is 5.77. The highest BCUT2D eigenvalue weighted by molar-refractivity contribution is 5.68. The lowest BCUT2D eigenvalue weighted by molar-refractivity contribution is 0.416. The van der Waals surface area contributed by atoms with E-state index in [1.54, 1.807) is 7.11 Å². The number of hydrogen-bond acceptors (Lipinski definition) is 3. The van der Waals surface area contributed by atoms with Crippen LogP contribution in [0.3, 0.4) is 0 Å². The first-order valence-corrected chi connectivity index (χ1v) is 7.26. The topological polar surface area (TPSA) is 53.1 Å². The molecule has 3 aromatic rings. The van der Waals surface area contributed by atoms with Gasteiger partial charge in [0.1, 0.15) is 5.75 Å². The normalized spacial score (nSPS) is 10.6. The SMILES string of the molecule is COc1ccccc1-c1cc(CN)nn1Cc1ccccc1. The van der Waals surface area contributed by atoms with Gasteiger partial charge in [0.15, 0.2) is 0 Å². The molecule has 0 radical (unpaired) electrons. The summed E-state index contributed by atoms with van der Waals surface area (Å²) in [5.74, 6) is 0.834. The minimum Gasteiger partial charge on any atom is -0.496 e. The molecule has 0 aliphatic heterocycles. The molecule has 3 rings (SSSR count). The maximum Gasteiger partial charge on any atom is 0.128 e. The third-order valence-electron chi connectivity index (χ3n) is 3.60. The van der Waals surface area contributed by atoms with E-state index >= 15 is 0 Å². The van der Waals surface area contributed by atoms with Gasteiger partial charge in [-0.05, 0) is 23.8 Å². The summed E-state index contributed by atoms with van der Waals surface area (Å²) in [4.78, 5) is 0. The molecule has 0 fully saturated rings. The van der Waals surface area contributed by atoms with Crippen molar-refractivity contribution in [2.75, 3.05) is 7.11 Å². The van der Waals surface area contributed by atoms with Gasteiger partial charge >= 0.3 is 0 Å². The first-order valence-electron chi connectivity index (χ1n) is 7.26. The van der Waals surface area contributed by atoms with Crippen LogP contribution in [0, 0.1) is 0 Å². The average Bonchev–Trinajstić information content (AvgIpc) is 2.98. The Morgan fingerprint density at radius 3 is 2.50 bits per heavy atom. The van der Waals surface area contributed by atoms with Crippen LogP contribution in [0.15, 0.2) is 60.7 Å². The van der Waals surface area contributed by atoms with Gasteiger partial charge in [0.25, 0.3) is 0 Å². The summed E-state index contributed by atoms with van der Waals surface area (Å²) in [6.45, 7) is 1.12. The minimum atomic E-state index is 0.421. The fourth-order valence-corrected chi connectivity index (χ4v) is 2.52. The van der Waals surface area contributed by atoms with Crippen LogP contribution < -0.4 is 10.5 Å². The van der Waals surface area contributed by atoms with Crippen molar-refractivity contribution in [1.82, 2.24) is 9.78 Å². The van der Waals surface area contributed by atoms with Crippen molar-refractivity contribution in [3.8, 4) is 17.0 Å². The molecule has 4 heteroatoms. The Bertz CT molecular complexity index is 750. The van der Waals surface area contributed by atoms with E-state index in [0.717, 1.165) is 22.7 Å². The van der Waals surface area contributed by atoms with Crippen LogP contribution in [0.25, 0.3) is 11.3 Å². The molecule has 112 valence electrons. The third-order valence-corrected chi connectivity index (χ3v) is 3.60. The zero-order chi connectivity index (χ0) is 15.4. The molecule has 22 heavy (non-hydrogen) atoms. The van der Waals surface area contributed by atoms with Crippen molar-refractivity contribution >= 4 is 0 Å². The molecule has 0 unspecified atom stereocenters. The van der Waals surface area contributed by atoms with Crippen molar-refractivity contribution < 1.29 is 4.74 Å². The number of rotatable bonds is 5. The number of methoxy groups -OCH3 is 1. The van der Waals surface area contributed by atoms with Gasteiger partial charge in [0.05, 0.1) is 25.0 Å². The Morgan fingerprint density at radius 1 is 1.05 bits per heavy atom. The second-order valence-corrected chi connectivity index (χ2v) is 5.07. The predicted octanol–water partition coefficient (Wildman–Crippen LogP) is 3.07. The van der Waals surface area contributed by atoms with Crippen molar-refractivity contribution in [2.45, 2.75) is 13.1 Å². The minimum absolute atomic E-state index is 0.421. The summed E-state index contributed by atoms with van der Waals surface area (Å²) in [5, 5.41) is 4.61. The average molecular weight is 293 g/mol. The number of ether oxygens (including phenoxy) is 1.